The lowest BCUT2D eigenvalue weighted by molar-refractivity contribution is -0.140. The van der Waals surface area contributed by atoms with Crippen LogP contribution in [0.5, 0.6) is 0 Å². The van der Waals surface area contributed by atoms with Crippen LogP contribution in [-0.4, -0.2) is 61.9 Å². The summed E-state index contributed by atoms with van der Waals surface area (Å²) in [6, 6.07) is -0.486. The Balaban J connectivity index is 2.39. The molecule has 2 unspecified atom stereocenters. The van der Waals surface area contributed by atoms with Gasteiger partial charge >= 0.3 is 5.97 Å². The van der Waals surface area contributed by atoms with Gasteiger partial charge in [0.2, 0.25) is 0 Å². The number of nitrogens with zero attached hydrogens (tertiary/aromatic N) is 1. The Labute approximate surface area is 90.4 Å². The summed E-state index contributed by atoms with van der Waals surface area (Å²) < 4.78 is 5.29. The second-order valence-electron chi connectivity index (χ2n) is 3.94. The van der Waals surface area contributed by atoms with Crippen molar-refractivity contribution < 1.29 is 14.6 Å². The van der Waals surface area contributed by atoms with E-state index in [1.807, 2.05) is 0 Å². The SMILES string of the molecule is CNC(CN1CCCC(OC)C1)C(=O)O. The summed E-state index contributed by atoms with van der Waals surface area (Å²) in [4.78, 5) is 13.0. The number of likely N-dealkylation sites (N-methyl/N-ethyl adjacent to an activating group) is 1. The average molecular weight is 216 g/mol. The first kappa shape index (κ1) is 12.4. The number of carbonyl (C=O) groups is 1. The number of methoxy groups -OCH3 is 1. The highest BCUT2D eigenvalue weighted by atomic mass is 16.5. The zero-order chi connectivity index (χ0) is 11.3. The maximum Gasteiger partial charge on any atom is 0.322 e. The van der Waals surface area contributed by atoms with E-state index in [4.69, 9.17) is 9.84 Å². The van der Waals surface area contributed by atoms with Crippen molar-refractivity contribution in [1.29, 1.82) is 0 Å². The molecule has 0 aromatic heterocycles. The van der Waals surface area contributed by atoms with Crippen LogP contribution < -0.4 is 5.32 Å². The minimum Gasteiger partial charge on any atom is -0.480 e. The van der Waals surface area contributed by atoms with Gasteiger partial charge in [0.1, 0.15) is 6.04 Å². The van der Waals surface area contributed by atoms with Crippen LogP contribution in [0.3, 0.4) is 0 Å². The van der Waals surface area contributed by atoms with Gasteiger partial charge in [0.25, 0.3) is 0 Å². The molecule has 0 radical (unpaired) electrons. The lowest BCUT2D eigenvalue weighted by atomic mass is 10.1. The van der Waals surface area contributed by atoms with Crippen LogP contribution in [0.4, 0.5) is 0 Å². The normalized spacial score (nSPS) is 25.1. The fraction of sp³-hybridized carbons (Fsp3) is 0.900. The Morgan fingerprint density at radius 3 is 3.00 bits per heavy atom. The monoisotopic (exact) mass is 216 g/mol. The van der Waals surface area contributed by atoms with E-state index in [9.17, 15) is 4.79 Å². The van der Waals surface area contributed by atoms with Crippen LogP contribution in [0.15, 0.2) is 0 Å². The summed E-state index contributed by atoms with van der Waals surface area (Å²) in [5, 5.41) is 11.7. The molecule has 0 spiro atoms. The van der Waals surface area contributed by atoms with Gasteiger partial charge in [-0.25, -0.2) is 0 Å². The van der Waals surface area contributed by atoms with E-state index < -0.39 is 12.0 Å². The molecule has 1 heterocycles. The third kappa shape index (κ3) is 3.77. The first-order chi connectivity index (χ1) is 7.17. The van der Waals surface area contributed by atoms with Gasteiger partial charge < -0.3 is 15.2 Å². The molecular formula is C10H20N2O3. The van der Waals surface area contributed by atoms with Gasteiger partial charge in [-0.1, -0.05) is 0 Å². The predicted molar refractivity (Wildman–Crippen MR) is 57.0 cm³/mol. The fourth-order valence-electron chi connectivity index (χ4n) is 1.92. The quantitative estimate of drug-likeness (QED) is 0.664. The predicted octanol–water partition coefficient (Wildman–Crippen LogP) is -0.230. The summed E-state index contributed by atoms with van der Waals surface area (Å²) in [6.45, 7) is 2.35. The number of carboxylic acid groups (broad SMARTS) is 1. The minimum absolute atomic E-state index is 0.255. The van der Waals surface area contributed by atoms with Crippen molar-refractivity contribution >= 4 is 5.97 Å². The zero-order valence-electron chi connectivity index (χ0n) is 9.40. The number of aliphatic carboxylic acids is 1. The lowest BCUT2D eigenvalue weighted by Crippen LogP contribution is -2.49. The Morgan fingerprint density at radius 2 is 2.47 bits per heavy atom. The standard InChI is InChI=1S/C10H20N2O3/c1-11-9(10(13)14)7-12-5-3-4-8(6-12)15-2/h8-9,11H,3-7H2,1-2H3,(H,13,14). The second kappa shape index (κ2) is 6.05. The van der Waals surface area contributed by atoms with Crippen molar-refractivity contribution in [2.24, 2.45) is 0 Å². The summed E-state index contributed by atoms with van der Waals surface area (Å²) >= 11 is 0. The molecule has 5 nitrogen and oxygen atoms in total. The fourth-order valence-corrected chi connectivity index (χ4v) is 1.92. The molecule has 0 aromatic carbocycles. The molecule has 0 aliphatic carbocycles. The number of piperidine rings is 1. The van der Waals surface area contributed by atoms with Crippen molar-refractivity contribution in [2.75, 3.05) is 33.8 Å². The minimum atomic E-state index is -0.794. The molecule has 1 aliphatic rings. The van der Waals surface area contributed by atoms with Crippen molar-refractivity contribution in [1.82, 2.24) is 10.2 Å². The van der Waals surface area contributed by atoms with Crippen LogP contribution in [0.1, 0.15) is 12.8 Å². The maximum atomic E-state index is 10.8. The number of likely N-dealkylation sites (tertiary alicyclic amines) is 1. The largest absolute Gasteiger partial charge is 0.480 e. The van der Waals surface area contributed by atoms with Crippen LogP contribution in [-0.2, 0) is 9.53 Å². The average Bonchev–Trinajstić information content (AvgIpc) is 2.25. The van der Waals surface area contributed by atoms with E-state index in [1.54, 1.807) is 14.2 Å². The Hall–Kier alpha value is -0.650. The highest BCUT2D eigenvalue weighted by Crippen LogP contribution is 2.12. The van der Waals surface area contributed by atoms with Gasteiger partial charge in [0, 0.05) is 20.2 Å². The summed E-state index contributed by atoms with van der Waals surface area (Å²) in [5.74, 6) is -0.794. The van der Waals surface area contributed by atoms with E-state index in [-0.39, 0.29) is 6.10 Å². The van der Waals surface area contributed by atoms with Crippen LogP contribution in [0.2, 0.25) is 0 Å². The first-order valence-corrected chi connectivity index (χ1v) is 5.32. The van der Waals surface area contributed by atoms with Gasteiger partial charge in [0.15, 0.2) is 0 Å². The molecule has 0 bridgehead atoms. The molecule has 1 fully saturated rings. The Morgan fingerprint density at radius 1 is 1.73 bits per heavy atom. The third-order valence-corrected chi connectivity index (χ3v) is 2.88. The van der Waals surface area contributed by atoms with Gasteiger partial charge in [-0.2, -0.15) is 0 Å². The van der Waals surface area contributed by atoms with E-state index in [2.05, 4.69) is 10.2 Å². The van der Waals surface area contributed by atoms with E-state index >= 15 is 0 Å². The molecule has 5 heteroatoms. The molecule has 1 rings (SSSR count). The number of ether oxygens (including phenoxy) is 1. The molecule has 1 aliphatic heterocycles. The lowest BCUT2D eigenvalue weighted by Gasteiger charge is -2.33. The van der Waals surface area contributed by atoms with Gasteiger partial charge in [0.05, 0.1) is 6.10 Å². The number of nitrogens with one attached hydrogen (secondary N) is 1. The second-order valence-corrected chi connectivity index (χ2v) is 3.94. The molecule has 2 atom stereocenters. The van der Waals surface area contributed by atoms with Gasteiger partial charge in [-0.15, -0.1) is 0 Å². The van der Waals surface area contributed by atoms with Gasteiger partial charge in [-0.05, 0) is 26.4 Å². The van der Waals surface area contributed by atoms with Gasteiger partial charge in [-0.3, -0.25) is 9.69 Å². The number of carboxylic acids is 1. The van der Waals surface area contributed by atoms with Crippen molar-refractivity contribution in [2.45, 2.75) is 25.0 Å². The van der Waals surface area contributed by atoms with Crippen LogP contribution in [0, 0.1) is 0 Å². The summed E-state index contributed by atoms with van der Waals surface area (Å²) in [7, 11) is 3.39. The van der Waals surface area contributed by atoms with E-state index in [0.29, 0.717) is 6.54 Å². The highest BCUT2D eigenvalue weighted by molar-refractivity contribution is 5.73. The molecule has 88 valence electrons. The summed E-state index contributed by atoms with van der Waals surface area (Å²) in [6.07, 6.45) is 2.41. The smallest absolute Gasteiger partial charge is 0.322 e. The van der Waals surface area contributed by atoms with E-state index in [0.717, 1.165) is 25.9 Å². The molecule has 0 amide bonds. The van der Waals surface area contributed by atoms with Crippen LogP contribution in [0.25, 0.3) is 0 Å². The highest BCUT2D eigenvalue weighted by Gasteiger charge is 2.24. The number of rotatable bonds is 5. The maximum absolute atomic E-state index is 10.8. The summed E-state index contributed by atoms with van der Waals surface area (Å²) in [5.41, 5.74) is 0. The molecule has 1 saturated heterocycles. The number of hydrogen-bond acceptors (Lipinski definition) is 4. The van der Waals surface area contributed by atoms with Crippen LogP contribution >= 0.6 is 0 Å². The topological polar surface area (TPSA) is 61.8 Å². The Bertz CT molecular complexity index is 211. The number of hydrogen-bond donors (Lipinski definition) is 2. The van der Waals surface area contributed by atoms with Crippen molar-refractivity contribution in [3.05, 3.63) is 0 Å². The zero-order valence-corrected chi connectivity index (χ0v) is 9.40. The molecule has 0 aromatic rings. The van der Waals surface area contributed by atoms with E-state index in [1.165, 1.54) is 0 Å². The third-order valence-electron chi connectivity index (χ3n) is 2.88. The van der Waals surface area contributed by atoms with Crippen molar-refractivity contribution in [3.63, 3.8) is 0 Å². The Kier molecular flexibility index (Phi) is 5.01. The molecule has 0 saturated carbocycles. The van der Waals surface area contributed by atoms with Crippen molar-refractivity contribution in [3.8, 4) is 0 Å². The molecule has 15 heavy (non-hydrogen) atoms. The molecular weight excluding hydrogens is 196 g/mol. The molecule has 2 N–H and O–H groups in total. The first-order valence-electron chi connectivity index (χ1n) is 5.32.